The molecule has 0 amide bonds. The number of benzene rings is 1. The van der Waals surface area contributed by atoms with E-state index in [2.05, 4.69) is 0 Å². The lowest BCUT2D eigenvalue weighted by Crippen LogP contribution is -2.25. The summed E-state index contributed by atoms with van der Waals surface area (Å²) in [6, 6.07) is 5.10. The summed E-state index contributed by atoms with van der Waals surface area (Å²) in [5.74, 6) is 1.17. The Kier molecular flexibility index (Phi) is 3.98. The lowest BCUT2D eigenvalue weighted by atomic mass is 10.2. The van der Waals surface area contributed by atoms with Crippen LogP contribution in [0.25, 0.3) is 0 Å². The molecule has 0 radical (unpaired) electrons. The Balaban J connectivity index is 2.10. The fraction of sp³-hybridized carbons (Fsp3) is 0.462. The molecule has 1 aromatic carbocycles. The molecule has 1 aromatic rings. The molecular weight excluding hydrogens is 220 g/mol. The van der Waals surface area contributed by atoms with Crippen molar-refractivity contribution >= 4 is 6.29 Å². The lowest BCUT2D eigenvalue weighted by molar-refractivity contribution is -0.106. The number of ether oxygens (including phenoxy) is 3. The normalized spacial score (nSPS) is 19.7. The maximum Gasteiger partial charge on any atom is 0.200 e. The van der Waals surface area contributed by atoms with Crippen LogP contribution in [0.1, 0.15) is 29.6 Å². The first-order chi connectivity index (χ1) is 8.33. The first kappa shape index (κ1) is 11.9. The molecule has 1 saturated heterocycles. The van der Waals surface area contributed by atoms with E-state index in [4.69, 9.17) is 14.2 Å². The summed E-state index contributed by atoms with van der Waals surface area (Å²) < 4.78 is 16.4. The molecule has 0 saturated carbocycles. The van der Waals surface area contributed by atoms with Gasteiger partial charge in [0.2, 0.25) is 0 Å². The number of hydrogen-bond donors (Lipinski definition) is 0. The highest BCUT2D eigenvalue weighted by Gasteiger charge is 2.17. The first-order valence-electron chi connectivity index (χ1n) is 5.75. The predicted molar refractivity (Wildman–Crippen MR) is 62.6 cm³/mol. The lowest BCUT2D eigenvalue weighted by Gasteiger charge is -2.24. The molecular formula is C13H16O4. The zero-order chi connectivity index (χ0) is 12.1. The van der Waals surface area contributed by atoms with Gasteiger partial charge >= 0.3 is 0 Å². The standard InChI is InChI=1S/C13H16O4/c1-15-12-8-10(9-14)5-6-11(12)17-13-4-2-3-7-16-13/h5-6,8-9,13H,2-4,7H2,1H3/t13-/m1/s1. The van der Waals surface area contributed by atoms with Crippen molar-refractivity contribution in [3.05, 3.63) is 23.8 Å². The molecule has 1 heterocycles. The Bertz CT molecular complexity index is 383. The molecule has 1 aliphatic heterocycles. The monoisotopic (exact) mass is 236 g/mol. The van der Waals surface area contributed by atoms with Gasteiger partial charge in [0.25, 0.3) is 0 Å². The third-order valence-electron chi connectivity index (χ3n) is 2.72. The van der Waals surface area contributed by atoms with E-state index in [9.17, 15) is 4.79 Å². The van der Waals surface area contributed by atoms with Crippen molar-refractivity contribution in [2.24, 2.45) is 0 Å². The van der Waals surface area contributed by atoms with Gasteiger partial charge in [0, 0.05) is 12.0 Å². The van der Waals surface area contributed by atoms with E-state index in [0.29, 0.717) is 17.1 Å². The van der Waals surface area contributed by atoms with Crippen molar-refractivity contribution in [2.75, 3.05) is 13.7 Å². The molecule has 0 aliphatic carbocycles. The fourth-order valence-electron chi connectivity index (χ4n) is 1.80. The molecule has 4 heteroatoms. The van der Waals surface area contributed by atoms with Gasteiger partial charge in [-0.2, -0.15) is 0 Å². The van der Waals surface area contributed by atoms with Gasteiger partial charge in [-0.05, 0) is 31.0 Å². The number of carbonyl (C=O) groups excluding carboxylic acids is 1. The van der Waals surface area contributed by atoms with Crippen LogP contribution in [-0.2, 0) is 4.74 Å². The quantitative estimate of drug-likeness (QED) is 0.753. The number of hydrogen-bond acceptors (Lipinski definition) is 4. The van der Waals surface area contributed by atoms with Crippen LogP contribution in [-0.4, -0.2) is 26.3 Å². The topological polar surface area (TPSA) is 44.8 Å². The van der Waals surface area contributed by atoms with Crippen LogP contribution in [0, 0.1) is 0 Å². The van der Waals surface area contributed by atoms with Crippen molar-refractivity contribution in [3.8, 4) is 11.5 Å². The number of rotatable bonds is 4. The van der Waals surface area contributed by atoms with Crippen molar-refractivity contribution < 1.29 is 19.0 Å². The summed E-state index contributed by atoms with van der Waals surface area (Å²) in [4.78, 5) is 10.7. The van der Waals surface area contributed by atoms with Crippen LogP contribution in [0.3, 0.4) is 0 Å². The van der Waals surface area contributed by atoms with E-state index in [1.807, 2.05) is 0 Å². The molecule has 92 valence electrons. The van der Waals surface area contributed by atoms with E-state index in [1.54, 1.807) is 25.3 Å². The van der Waals surface area contributed by atoms with Gasteiger partial charge in [0.1, 0.15) is 6.29 Å². The second-order valence-corrected chi connectivity index (χ2v) is 3.94. The van der Waals surface area contributed by atoms with Crippen molar-refractivity contribution in [1.82, 2.24) is 0 Å². The highest BCUT2D eigenvalue weighted by molar-refractivity contribution is 5.76. The molecule has 0 bridgehead atoms. The minimum absolute atomic E-state index is 0.209. The molecule has 0 spiro atoms. The summed E-state index contributed by atoms with van der Waals surface area (Å²) in [5.41, 5.74) is 0.568. The Hall–Kier alpha value is -1.55. The van der Waals surface area contributed by atoms with Gasteiger partial charge in [-0.1, -0.05) is 0 Å². The largest absolute Gasteiger partial charge is 0.493 e. The van der Waals surface area contributed by atoms with E-state index in [1.165, 1.54) is 0 Å². The third-order valence-corrected chi connectivity index (χ3v) is 2.72. The zero-order valence-electron chi connectivity index (χ0n) is 9.85. The van der Waals surface area contributed by atoms with Gasteiger partial charge in [-0.25, -0.2) is 0 Å². The van der Waals surface area contributed by atoms with Gasteiger partial charge in [0.05, 0.1) is 13.7 Å². The van der Waals surface area contributed by atoms with Crippen LogP contribution in [0.5, 0.6) is 11.5 Å². The number of aldehydes is 1. The van der Waals surface area contributed by atoms with Gasteiger partial charge < -0.3 is 14.2 Å². The highest BCUT2D eigenvalue weighted by atomic mass is 16.7. The molecule has 0 unspecified atom stereocenters. The van der Waals surface area contributed by atoms with Crippen molar-refractivity contribution in [2.45, 2.75) is 25.6 Å². The molecule has 1 fully saturated rings. The second kappa shape index (κ2) is 5.68. The Morgan fingerprint density at radius 1 is 1.35 bits per heavy atom. The average Bonchev–Trinajstić information content (AvgIpc) is 2.40. The molecule has 2 rings (SSSR count). The Morgan fingerprint density at radius 3 is 2.88 bits per heavy atom. The smallest absolute Gasteiger partial charge is 0.200 e. The predicted octanol–water partition coefficient (Wildman–Crippen LogP) is 2.41. The van der Waals surface area contributed by atoms with E-state index < -0.39 is 0 Å². The minimum atomic E-state index is -0.209. The van der Waals surface area contributed by atoms with E-state index in [0.717, 1.165) is 32.2 Å². The Morgan fingerprint density at radius 2 is 2.24 bits per heavy atom. The highest BCUT2D eigenvalue weighted by Crippen LogP contribution is 2.30. The SMILES string of the molecule is COc1cc(C=O)ccc1O[C@@H]1CCCCO1. The zero-order valence-corrected chi connectivity index (χ0v) is 9.85. The van der Waals surface area contributed by atoms with Crippen LogP contribution in [0.15, 0.2) is 18.2 Å². The molecule has 1 atom stereocenters. The maximum absolute atomic E-state index is 10.7. The van der Waals surface area contributed by atoms with Gasteiger partial charge in [-0.3, -0.25) is 4.79 Å². The molecule has 17 heavy (non-hydrogen) atoms. The van der Waals surface area contributed by atoms with Crippen LogP contribution < -0.4 is 9.47 Å². The summed E-state index contributed by atoms with van der Waals surface area (Å²) in [6.07, 6.45) is 3.65. The molecule has 0 N–H and O–H groups in total. The van der Waals surface area contributed by atoms with Crippen molar-refractivity contribution in [1.29, 1.82) is 0 Å². The summed E-state index contributed by atoms with van der Waals surface area (Å²) in [5, 5.41) is 0. The second-order valence-electron chi connectivity index (χ2n) is 3.94. The van der Waals surface area contributed by atoms with Gasteiger partial charge in [0.15, 0.2) is 17.8 Å². The van der Waals surface area contributed by atoms with Crippen LogP contribution >= 0.6 is 0 Å². The fourth-order valence-corrected chi connectivity index (χ4v) is 1.80. The van der Waals surface area contributed by atoms with Crippen LogP contribution in [0.4, 0.5) is 0 Å². The molecule has 0 aromatic heterocycles. The number of methoxy groups -OCH3 is 1. The first-order valence-corrected chi connectivity index (χ1v) is 5.75. The van der Waals surface area contributed by atoms with Gasteiger partial charge in [-0.15, -0.1) is 0 Å². The summed E-state index contributed by atoms with van der Waals surface area (Å²) >= 11 is 0. The number of carbonyl (C=O) groups is 1. The molecule has 1 aliphatic rings. The minimum Gasteiger partial charge on any atom is -0.493 e. The Labute approximate surface area is 100 Å². The van der Waals surface area contributed by atoms with Crippen LogP contribution in [0.2, 0.25) is 0 Å². The average molecular weight is 236 g/mol. The van der Waals surface area contributed by atoms with E-state index in [-0.39, 0.29) is 6.29 Å². The van der Waals surface area contributed by atoms with E-state index >= 15 is 0 Å². The third kappa shape index (κ3) is 2.97. The summed E-state index contributed by atoms with van der Waals surface area (Å²) in [6.45, 7) is 0.736. The van der Waals surface area contributed by atoms with Crippen molar-refractivity contribution in [3.63, 3.8) is 0 Å². The summed E-state index contributed by atoms with van der Waals surface area (Å²) in [7, 11) is 1.55. The molecule has 4 nitrogen and oxygen atoms in total. The maximum atomic E-state index is 10.7.